The first-order valence-electron chi connectivity index (χ1n) is 6.01. The number of rotatable bonds is 1. The quantitative estimate of drug-likeness (QED) is 0.790. The molecule has 1 amide bonds. The first-order chi connectivity index (χ1) is 8.58. The molecule has 3 nitrogen and oxygen atoms in total. The fourth-order valence-corrected chi connectivity index (χ4v) is 2.64. The number of hydrogen-bond donors (Lipinski definition) is 0. The van der Waals surface area contributed by atoms with Crippen molar-refractivity contribution >= 4 is 33.4 Å². The van der Waals surface area contributed by atoms with E-state index in [0.717, 1.165) is 37.1 Å². The van der Waals surface area contributed by atoms with Crippen molar-refractivity contribution in [3.05, 3.63) is 33.3 Å². The highest BCUT2D eigenvalue weighted by Gasteiger charge is 2.20. The SMILES string of the molecule is CN1CCCN(C(=O)c2cc(Br)ccc2Cl)CC1. The van der Waals surface area contributed by atoms with Crippen LogP contribution in [0.2, 0.25) is 5.02 Å². The largest absolute Gasteiger partial charge is 0.337 e. The number of nitrogens with zero attached hydrogens (tertiary/aromatic N) is 2. The fraction of sp³-hybridized carbons (Fsp3) is 0.462. The molecule has 0 spiro atoms. The van der Waals surface area contributed by atoms with Gasteiger partial charge in [0, 0.05) is 24.1 Å². The van der Waals surface area contributed by atoms with Gasteiger partial charge in [0.05, 0.1) is 10.6 Å². The van der Waals surface area contributed by atoms with E-state index < -0.39 is 0 Å². The molecule has 18 heavy (non-hydrogen) atoms. The van der Waals surface area contributed by atoms with Crippen LogP contribution in [0.4, 0.5) is 0 Å². The predicted molar refractivity (Wildman–Crippen MR) is 77.2 cm³/mol. The Bertz CT molecular complexity index is 453. The second-order valence-electron chi connectivity index (χ2n) is 4.57. The first-order valence-corrected chi connectivity index (χ1v) is 7.18. The molecule has 98 valence electrons. The monoisotopic (exact) mass is 330 g/mol. The molecule has 1 saturated heterocycles. The van der Waals surface area contributed by atoms with Gasteiger partial charge in [0.2, 0.25) is 0 Å². The molecule has 5 heteroatoms. The lowest BCUT2D eigenvalue weighted by atomic mass is 10.2. The number of likely N-dealkylation sites (N-methyl/N-ethyl adjacent to an activating group) is 1. The molecular formula is C13H16BrClN2O. The summed E-state index contributed by atoms with van der Waals surface area (Å²) in [4.78, 5) is 16.6. The fourth-order valence-electron chi connectivity index (χ4n) is 2.08. The van der Waals surface area contributed by atoms with Gasteiger partial charge in [0.25, 0.3) is 5.91 Å². The molecule has 2 rings (SSSR count). The van der Waals surface area contributed by atoms with E-state index in [1.54, 1.807) is 12.1 Å². The van der Waals surface area contributed by atoms with Crippen molar-refractivity contribution in [2.75, 3.05) is 33.2 Å². The molecule has 1 aromatic rings. The van der Waals surface area contributed by atoms with Crippen LogP contribution in [-0.4, -0.2) is 48.9 Å². The molecule has 0 aromatic heterocycles. The zero-order chi connectivity index (χ0) is 13.1. The van der Waals surface area contributed by atoms with Crippen LogP contribution < -0.4 is 0 Å². The van der Waals surface area contributed by atoms with E-state index in [0.29, 0.717) is 10.6 Å². The standard InChI is InChI=1S/C13H16BrClN2O/c1-16-5-2-6-17(8-7-16)13(18)11-9-10(14)3-4-12(11)15/h3-4,9H,2,5-8H2,1H3. The smallest absolute Gasteiger partial charge is 0.255 e. The third-order valence-corrected chi connectivity index (χ3v) is 3.99. The molecule has 1 heterocycles. The lowest BCUT2D eigenvalue weighted by Crippen LogP contribution is -2.34. The minimum Gasteiger partial charge on any atom is -0.337 e. The first kappa shape index (κ1) is 13.8. The molecule has 1 aromatic carbocycles. The summed E-state index contributed by atoms with van der Waals surface area (Å²) >= 11 is 9.48. The predicted octanol–water partition coefficient (Wildman–Crippen LogP) is 2.88. The molecule has 0 radical (unpaired) electrons. The Morgan fingerprint density at radius 3 is 2.83 bits per heavy atom. The minimum atomic E-state index is 0.0246. The van der Waals surface area contributed by atoms with Gasteiger partial charge in [-0.05, 0) is 38.2 Å². The third kappa shape index (κ3) is 3.25. The van der Waals surface area contributed by atoms with Gasteiger partial charge in [-0.3, -0.25) is 4.79 Å². The summed E-state index contributed by atoms with van der Waals surface area (Å²) < 4.78 is 0.877. The Morgan fingerprint density at radius 2 is 2.06 bits per heavy atom. The van der Waals surface area contributed by atoms with Gasteiger partial charge in [-0.2, -0.15) is 0 Å². The summed E-state index contributed by atoms with van der Waals surface area (Å²) in [6.07, 6.45) is 1.01. The molecule has 0 atom stereocenters. The number of hydrogen-bond acceptors (Lipinski definition) is 2. The van der Waals surface area contributed by atoms with Crippen molar-refractivity contribution < 1.29 is 4.79 Å². The maximum Gasteiger partial charge on any atom is 0.255 e. The Kier molecular flexibility index (Phi) is 4.65. The van der Waals surface area contributed by atoms with Crippen molar-refractivity contribution in [2.45, 2.75) is 6.42 Å². The number of halogens is 2. The third-order valence-electron chi connectivity index (χ3n) is 3.17. The highest BCUT2D eigenvalue weighted by Crippen LogP contribution is 2.22. The van der Waals surface area contributed by atoms with E-state index in [4.69, 9.17) is 11.6 Å². The zero-order valence-corrected chi connectivity index (χ0v) is 12.7. The van der Waals surface area contributed by atoms with Gasteiger partial charge in [-0.25, -0.2) is 0 Å². The van der Waals surface area contributed by atoms with E-state index in [2.05, 4.69) is 27.9 Å². The van der Waals surface area contributed by atoms with Crippen molar-refractivity contribution in [3.8, 4) is 0 Å². The van der Waals surface area contributed by atoms with Gasteiger partial charge < -0.3 is 9.80 Å². The summed E-state index contributed by atoms with van der Waals surface area (Å²) in [6, 6.07) is 5.39. The average Bonchev–Trinajstić information content (AvgIpc) is 2.56. The molecule has 1 aliphatic heterocycles. The number of carbonyl (C=O) groups is 1. The van der Waals surface area contributed by atoms with E-state index in [1.807, 2.05) is 11.0 Å². The normalized spacial score (nSPS) is 17.6. The van der Waals surface area contributed by atoms with Crippen LogP contribution in [-0.2, 0) is 0 Å². The van der Waals surface area contributed by atoms with Crippen molar-refractivity contribution in [1.82, 2.24) is 9.80 Å². The Morgan fingerprint density at radius 1 is 1.28 bits per heavy atom. The molecule has 0 saturated carbocycles. The number of benzene rings is 1. The van der Waals surface area contributed by atoms with Crippen molar-refractivity contribution in [2.24, 2.45) is 0 Å². The van der Waals surface area contributed by atoms with Crippen LogP contribution in [0.3, 0.4) is 0 Å². The van der Waals surface area contributed by atoms with Crippen molar-refractivity contribution in [1.29, 1.82) is 0 Å². The molecule has 0 bridgehead atoms. The summed E-state index contributed by atoms with van der Waals surface area (Å²) in [5.74, 6) is 0.0246. The van der Waals surface area contributed by atoms with Crippen LogP contribution in [0.1, 0.15) is 16.8 Å². The highest BCUT2D eigenvalue weighted by atomic mass is 79.9. The molecule has 0 aliphatic carbocycles. The van der Waals surface area contributed by atoms with E-state index in [1.165, 1.54) is 0 Å². The van der Waals surface area contributed by atoms with Gasteiger partial charge in [0.15, 0.2) is 0 Å². The number of carbonyl (C=O) groups excluding carboxylic acids is 1. The van der Waals surface area contributed by atoms with Gasteiger partial charge in [-0.1, -0.05) is 27.5 Å². The van der Waals surface area contributed by atoms with Crippen molar-refractivity contribution in [3.63, 3.8) is 0 Å². The zero-order valence-electron chi connectivity index (χ0n) is 10.3. The summed E-state index contributed by atoms with van der Waals surface area (Å²) in [7, 11) is 2.08. The second-order valence-corrected chi connectivity index (χ2v) is 5.90. The Hall–Kier alpha value is -0.580. The average molecular weight is 332 g/mol. The second kappa shape index (κ2) is 6.04. The molecule has 0 N–H and O–H groups in total. The molecule has 1 aliphatic rings. The molecule has 0 unspecified atom stereocenters. The van der Waals surface area contributed by atoms with Crippen LogP contribution in [0.15, 0.2) is 22.7 Å². The lowest BCUT2D eigenvalue weighted by molar-refractivity contribution is 0.0763. The van der Waals surface area contributed by atoms with E-state index in [-0.39, 0.29) is 5.91 Å². The molecule has 1 fully saturated rings. The highest BCUT2D eigenvalue weighted by molar-refractivity contribution is 9.10. The van der Waals surface area contributed by atoms with Crippen LogP contribution in [0.25, 0.3) is 0 Å². The van der Waals surface area contributed by atoms with Crippen LogP contribution in [0.5, 0.6) is 0 Å². The maximum absolute atomic E-state index is 12.4. The van der Waals surface area contributed by atoms with Crippen LogP contribution >= 0.6 is 27.5 Å². The van der Waals surface area contributed by atoms with E-state index in [9.17, 15) is 4.79 Å². The molecular weight excluding hydrogens is 316 g/mol. The minimum absolute atomic E-state index is 0.0246. The topological polar surface area (TPSA) is 23.6 Å². The Balaban J connectivity index is 2.17. The summed E-state index contributed by atoms with van der Waals surface area (Å²) in [5, 5.41) is 0.515. The summed E-state index contributed by atoms with van der Waals surface area (Å²) in [5.41, 5.74) is 0.579. The Labute approximate surface area is 121 Å². The van der Waals surface area contributed by atoms with Gasteiger partial charge in [-0.15, -0.1) is 0 Å². The summed E-state index contributed by atoms with van der Waals surface area (Å²) in [6.45, 7) is 3.51. The maximum atomic E-state index is 12.4. The van der Waals surface area contributed by atoms with E-state index >= 15 is 0 Å². The number of amides is 1. The van der Waals surface area contributed by atoms with Gasteiger partial charge in [0.1, 0.15) is 0 Å². The van der Waals surface area contributed by atoms with Gasteiger partial charge >= 0.3 is 0 Å². The lowest BCUT2D eigenvalue weighted by Gasteiger charge is -2.21. The van der Waals surface area contributed by atoms with Crippen LogP contribution in [0, 0.1) is 0 Å².